The average Bonchev–Trinajstić information content (AvgIpc) is 2.36. The van der Waals surface area contributed by atoms with Crippen LogP contribution in [0.4, 0.5) is 5.69 Å². The Balaban J connectivity index is 2.90. The molecule has 0 saturated carbocycles. The third-order valence-corrected chi connectivity index (χ3v) is 2.79. The van der Waals surface area contributed by atoms with Crippen LogP contribution in [0.1, 0.15) is 17.3 Å². The van der Waals surface area contributed by atoms with E-state index in [0.717, 1.165) is 19.1 Å². The van der Waals surface area contributed by atoms with Gasteiger partial charge in [0, 0.05) is 12.1 Å². The largest absolute Gasteiger partial charge is 0.479 e. The molecule has 1 amide bonds. The second-order valence-corrected chi connectivity index (χ2v) is 4.59. The van der Waals surface area contributed by atoms with Crippen LogP contribution in [0, 0.1) is 10.1 Å². The van der Waals surface area contributed by atoms with Gasteiger partial charge in [-0.25, -0.2) is 4.79 Å². The van der Waals surface area contributed by atoms with Crippen molar-refractivity contribution in [2.75, 3.05) is 6.54 Å². The number of carbonyl (C=O) groups is 2. The van der Waals surface area contributed by atoms with Gasteiger partial charge in [0.15, 0.2) is 5.60 Å². The molecule has 8 nitrogen and oxygen atoms in total. The van der Waals surface area contributed by atoms with E-state index < -0.39 is 28.9 Å². The van der Waals surface area contributed by atoms with Gasteiger partial charge in [-0.3, -0.25) is 14.9 Å². The van der Waals surface area contributed by atoms with Crippen molar-refractivity contribution in [3.8, 4) is 0 Å². The molecule has 0 aliphatic carbocycles. The monoisotopic (exact) mass is 302 g/mol. The maximum atomic E-state index is 11.8. The number of rotatable bonds is 5. The molecule has 0 aliphatic rings. The van der Waals surface area contributed by atoms with Crippen LogP contribution in [0.5, 0.6) is 0 Å². The molecule has 20 heavy (non-hydrogen) atoms. The number of aliphatic carboxylic acids is 1. The summed E-state index contributed by atoms with van der Waals surface area (Å²) in [6.45, 7) is 0.435. The molecule has 0 aliphatic heterocycles. The number of nitro groups is 1. The number of aliphatic hydroxyl groups is 1. The van der Waals surface area contributed by atoms with E-state index in [2.05, 4.69) is 5.32 Å². The minimum atomic E-state index is -2.15. The number of nitrogens with zero attached hydrogens (tertiary/aromatic N) is 1. The maximum absolute atomic E-state index is 11.8. The molecule has 9 heteroatoms. The van der Waals surface area contributed by atoms with E-state index in [1.807, 2.05) is 0 Å². The first-order valence-corrected chi connectivity index (χ1v) is 5.71. The van der Waals surface area contributed by atoms with Crippen LogP contribution in [0.3, 0.4) is 0 Å². The number of non-ortho nitro benzene ring substituents is 1. The number of halogens is 1. The predicted octanol–water partition coefficient (Wildman–Crippen LogP) is 0.814. The first-order valence-electron chi connectivity index (χ1n) is 5.33. The smallest absolute Gasteiger partial charge is 0.337 e. The van der Waals surface area contributed by atoms with Gasteiger partial charge in [0.05, 0.1) is 22.1 Å². The van der Waals surface area contributed by atoms with Crippen molar-refractivity contribution in [1.82, 2.24) is 5.32 Å². The minimum Gasteiger partial charge on any atom is -0.479 e. The van der Waals surface area contributed by atoms with Gasteiger partial charge in [-0.1, -0.05) is 11.6 Å². The van der Waals surface area contributed by atoms with Crippen molar-refractivity contribution in [3.63, 3.8) is 0 Å². The molecule has 1 aromatic carbocycles. The lowest BCUT2D eigenvalue weighted by Gasteiger charge is -2.18. The highest BCUT2D eigenvalue weighted by molar-refractivity contribution is 6.33. The normalized spacial score (nSPS) is 13.3. The van der Waals surface area contributed by atoms with Crippen LogP contribution in [-0.2, 0) is 4.79 Å². The van der Waals surface area contributed by atoms with Gasteiger partial charge >= 0.3 is 5.97 Å². The fraction of sp³-hybridized carbons (Fsp3) is 0.273. The number of hydrogen-bond donors (Lipinski definition) is 3. The van der Waals surface area contributed by atoms with Crippen LogP contribution in [-0.4, -0.2) is 39.2 Å². The van der Waals surface area contributed by atoms with Crippen LogP contribution in [0.25, 0.3) is 0 Å². The highest BCUT2D eigenvalue weighted by Crippen LogP contribution is 2.22. The molecule has 1 aromatic rings. The van der Waals surface area contributed by atoms with E-state index in [4.69, 9.17) is 16.7 Å². The van der Waals surface area contributed by atoms with Crippen molar-refractivity contribution in [1.29, 1.82) is 0 Å². The Bertz CT molecular complexity index is 572. The zero-order chi connectivity index (χ0) is 15.5. The van der Waals surface area contributed by atoms with E-state index in [-0.39, 0.29) is 16.3 Å². The summed E-state index contributed by atoms with van der Waals surface area (Å²) in [6.07, 6.45) is 0. The van der Waals surface area contributed by atoms with Gasteiger partial charge in [-0.05, 0) is 13.0 Å². The van der Waals surface area contributed by atoms with Gasteiger partial charge in [-0.2, -0.15) is 0 Å². The number of benzene rings is 1. The highest BCUT2D eigenvalue weighted by atomic mass is 35.5. The highest BCUT2D eigenvalue weighted by Gasteiger charge is 2.30. The SMILES string of the molecule is CC(O)(CNC(=O)c1cc([N+](=O)[O-])ccc1Cl)C(=O)O. The van der Waals surface area contributed by atoms with E-state index in [9.17, 15) is 24.8 Å². The molecule has 0 heterocycles. The third kappa shape index (κ3) is 3.65. The number of carboxylic acid groups (broad SMARTS) is 1. The average molecular weight is 303 g/mol. The molecule has 0 spiro atoms. The molecule has 1 atom stereocenters. The Labute approximate surface area is 118 Å². The molecule has 0 saturated heterocycles. The number of hydrogen-bond acceptors (Lipinski definition) is 5. The van der Waals surface area contributed by atoms with Crippen LogP contribution < -0.4 is 5.32 Å². The van der Waals surface area contributed by atoms with Gasteiger partial charge in [0.1, 0.15) is 0 Å². The Hall–Kier alpha value is -2.19. The Morgan fingerprint density at radius 3 is 2.60 bits per heavy atom. The van der Waals surface area contributed by atoms with Crippen LogP contribution in [0.2, 0.25) is 5.02 Å². The van der Waals surface area contributed by atoms with Gasteiger partial charge in [0.2, 0.25) is 0 Å². The fourth-order valence-electron chi connectivity index (χ4n) is 1.22. The van der Waals surface area contributed by atoms with Crippen LogP contribution in [0.15, 0.2) is 18.2 Å². The van der Waals surface area contributed by atoms with Gasteiger partial charge < -0.3 is 15.5 Å². The second-order valence-electron chi connectivity index (χ2n) is 4.18. The predicted molar refractivity (Wildman–Crippen MR) is 68.7 cm³/mol. The molecule has 1 rings (SSSR count). The number of carbonyl (C=O) groups excluding carboxylic acids is 1. The minimum absolute atomic E-state index is 0.0249. The second kappa shape index (κ2) is 5.85. The molecule has 0 radical (unpaired) electrons. The lowest BCUT2D eigenvalue weighted by molar-refractivity contribution is -0.384. The molecule has 0 bridgehead atoms. The lowest BCUT2D eigenvalue weighted by Crippen LogP contribution is -2.46. The molecule has 0 aromatic heterocycles. The standard InChI is InChI=1S/C11H11ClN2O6/c1-11(18,10(16)17)5-13-9(15)7-4-6(14(19)20)2-3-8(7)12/h2-4,18H,5H2,1H3,(H,13,15)(H,16,17). The quantitative estimate of drug-likeness (QED) is 0.545. The Morgan fingerprint density at radius 2 is 2.10 bits per heavy atom. The molecule has 0 fully saturated rings. The summed E-state index contributed by atoms with van der Waals surface area (Å²) in [5.41, 5.74) is -2.66. The number of carboxylic acids is 1. The van der Waals surface area contributed by atoms with Crippen molar-refractivity contribution in [2.45, 2.75) is 12.5 Å². The first-order chi connectivity index (χ1) is 9.15. The van der Waals surface area contributed by atoms with Gasteiger partial charge in [0.25, 0.3) is 11.6 Å². The Morgan fingerprint density at radius 1 is 1.50 bits per heavy atom. The first kappa shape index (κ1) is 15.9. The summed E-state index contributed by atoms with van der Waals surface area (Å²) in [7, 11) is 0. The van der Waals surface area contributed by atoms with E-state index in [1.54, 1.807) is 0 Å². The summed E-state index contributed by atoms with van der Waals surface area (Å²) in [5, 5.41) is 30.9. The molecule has 1 unspecified atom stereocenters. The van der Waals surface area contributed by atoms with Gasteiger partial charge in [-0.15, -0.1) is 0 Å². The molecular weight excluding hydrogens is 292 g/mol. The topological polar surface area (TPSA) is 130 Å². The van der Waals surface area contributed by atoms with Crippen molar-refractivity contribution in [2.24, 2.45) is 0 Å². The van der Waals surface area contributed by atoms with Crippen LogP contribution >= 0.6 is 11.6 Å². The van der Waals surface area contributed by atoms with E-state index in [0.29, 0.717) is 0 Å². The lowest BCUT2D eigenvalue weighted by atomic mass is 10.1. The number of nitro benzene ring substituents is 1. The van der Waals surface area contributed by atoms with E-state index >= 15 is 0 Å². The fourth-order valence-corrected chi connectivity index (χ4v) is 1.43. The summed E-state index contributed by atoms with van der Waals surface area (Å²) in [5.74, 6) is -2.33. The van der Waals surface area contributed by atoms with Crippen molar-refractivity contribution in [3.05, 3.63) is 38.9 Å². The maximum Gasteiger partial charge on any atom is 0.337 e. The zero-order valence-corrected chi connectivity index (χ0v) is 11.0. The summed E-state index contributed by atoms with van der Waals surface area (Å²) in [4.78, 5) is 32.4. The number of amides is 1. The molecule has 3 N–H and O–H groups in total. The third-order valence-electron chi connectivity index (χ3n) is 2.46. The summed E-state index contributed by atoms with van der Waals surface area (Å²) in [6, 6.07) is 3.28. The Kier molecular flexibility index (Phi) is 4.64. The summed E-state index contributed by atoms with van der Waals surface area (Å²) >= 11 is 5.75. The van der Waals surface area contributed by atoms with Crippen molar-refractivity contribution >= 4 is 29.2 Å². The zero-order valence-electron chi connectivity index (χ0n) is 10.3. The van der Waals surface area contributed by atoms with Crippen molar-refractivity contribution < 1.29 is 24.7 Å². The van der Waals surface area contributed by atoms with E-state index in [1.165, 1.54) is 6.07 Å². The summed E-state index contributed by atoms with van der Waals surface area (Å²) < 4.78 is 0. The number of nitrogens with one attached hydrogen (secondary N) is 1. The molecule has 108 valence electrons. The molecular formula is C11H11ClN2O6.